The number of fused-ring (bicyclic) bond motifs is 1. The van der Waals surface area contributed by atoms with Gasteiger partial charge in [-0.1, -0.05) is 35.9 Å². The maximum atomic E-state index is 10.8. The fourth-order valence-corrected chi connectivity index (χ4v) is 2.76. The van der Waals surface area contributed by atoms with Crippen molar-refractivity contribution in [3.8, 4) is 11.3 Å². The fraction of sp³-hybridized carbons (Fsp3) is 0.200. The van der Waals surface area contributed by atoms with Gasteiger partial charge in [-0.25, -0.2) is 0 Å². The Labute approximate surface area is 140 Å². The lowest BCUT2D eigenvalue weighted by atomic mass is 10.1. The van der Waals surface area contributed by atoms with E-state index in [0.717, 1.165) is 33.2 Å². The molecule has 0 aliphatic carbocycles. The van der Waals surface area contributed by atoms with Crippen molar-refractivity contribution < 1.29 is 14.3 Å². The Bertz CT molecular complexity index is 982. The summed E-state index contributed by atoms with van der Waals surface area (Å²) >= 11 is 0. The number of carboxylic acids is 1. The third-order valence-electron chi connectivity index (χ3n) is 3.89. The minimum atomic E-state index is -1.20. The van der Waals surface area contributed by atoms with E-state index in [1.807, 2.05) is 57.2 Å². The van der Waals surface area contributed by atoms with Crippen molar-refractivity contribution in [1.29, 1.82) is 0 Å². The topological polar surface area (TPSA) is 65.6 Å². The van der Waals surface area contributed by atoms with E-state index in [2.05, 4.69) is 4.99 Å². The molecule has 1 aromatic heterocycles. The maximum absolute atomic E-state index is 10.8. The first-order chi connectivity index (χ1) is 11.4. The first-order valence-electron chi connectivity index (χ1n) is 7.76. The van der Waals surface area contributed by atoms with Crippen LogP contribution in [0.4, 0.5) is 0 Å². The van der Waals surface area contributed by atoms with Crippen LogP contribution in [0.25, 0.3) is 22.3 Å². The molecule has 0 fully saturated rings. The molecular formula is C20H18NO3-. The molecule has 0 aliphatic rings. The Kier molecular flexibility index (Phi) is 4.21. The normalized spacial score (nSPS) is 11.9. The third-order valence-corrected chi connectivity index (χ3v) is 3.89. The predicted molar refractivity (Wildman–Crippen MR) is 91.3 cm³/mol. The summed E-state index contributed by atoms with van der Waals surface area (Å²) in [6.45, 7) is 5.61. The number of benzene rings is 2. The smallest absolute Gasteiger partial charge is 0.139 e. The number of aliphatic carboxylic acids is 1. The van der Waals surface area contributed by atoms with Crippen molar-refractivity contribution in [3.63, 3.8) is 0 Å². The van der Waals surface area contributed by atoms with E-state index in [4.69, 9.17) is 4.42 Å². The van der Waals surface area contributed by atoms with Crippen LogP contribution in [0, 0.1) is 20.8 Å². The molecular weight excluding hydrogens is 302 g/mol. The highest BCUT2D eigenvalue weighted by Crippen LogP contribution is 2.25. The maximum Gasteiger partial charge on any atom is 0.139 e. The Hall–Kier alpha value is -2.88. The van der Waals surface area contributed by atoms with Gasteiger partial charge in [0.15, 0.2) is 0 Å². The summed E-state index contributed by atoms with van der Waals surface area (Å²) < 4.78 is 6.10. The molecule has 3 aromatic rings. The van der Waals surface area contributed by atoms with Gasteiger partial charge in [0.05, 0.1) is 17.9 Å². The standard InChI is InChI=1S/C20H19NO3/c1-12-4-6-15(7-5-12)18-10-17(21-11-19(22)23)16-9-13(2)8-14(3)20(16)24-18/h4-10H,11H2,1-3H3,(H,22,23)/p-1. The van der Waals surface area contributed by atoms with Crippen LogP contribution in [0.15, 0.2) is 51.9 Å². The zero-order chi connectivity index (χ0) is 17.3. The minimum Gasteiger partial charge on any atom is -0.548 e. The van der Waals surface area contributed by atoms with Gasteiger partial charge in [0.25, 0.3) is 0 Å². The summed E-state index contributed by atoms with van der Waals surface area (Å²) in [5, 5.41) is 12.2. The molecule has 0 unspecified atom stereocenters. The van der Waals surface area contributed by atoms with E-state index in [9.17, 15) is 9.90 Å². The van der Waals surface area contributed by atoms with E-state index in [1.54, 1.807) is 6.07 Å². The Morgan fingerprint density at radius 2 is 1.75 bits per heavy atom. The van der Waals surface area contributed by atoms with E-state index in [1.165, 1.54) is 0 Å². The molecule has 1 heterocycles. The highest BCUT2D eigenvalue weighted by Gasteiger charge is 2.09. The van der Waals surface area contributed by atoms with Gasteiger partial charge < -0.3 is 14.3 Å². The van der Waals surface area contributed by atoms with Crippen LogP contribution in [-0.2, 0) is 4.79 Å². The lowest BCUT2D eigenvalue weighted by Crippen LogP contribution is -2.26. The lowest BCUT2D eigenvalue weighted by molar-refractivity contribution is -0.303. The summed E-state index contributed by atoms with van der Waals surface area (Å²) in [5.41, 5.74) is 4.86. The molecule has 0 aliphatic heterocycles. The number of nitrogens with zero attached hydrogens (tertiary/aromatic N) is 1. The molecule has 0 saturated heterocycles. The van der Waals surface area contributed by atoms with E-state index in [-0.39, 0.29) is 6.54 Å². The fourth-order valence-electron chi connectivity index (χ4n) is 2.76. The van der Waals surface area contributed by atoms with Gasteiger partial charge in [-0.15, -0.1) is 0 Å². The van der Waals surface area contributed by atoms with Crippen molar-refractivity contribution in [1.82, 2.24) is 0 Å². The van der Waals surface area contributed by atoms with Crippen LogP contribution in [0.2, 0.25) is 0 Å². The van der Waals surface area contributed by atoms with Gasteiger partial charge >= 0.3 is 0 Å². The highest BCUT2D eigenvalue weighted by atomic mass is 16.4. The molecule has 0 bridgehead atoms. The van der Waals surface area contributed by atoms with Crippen LogP contribution >= 0.6 is 0 Å². The van der Waals surface area contributed by atoms with Crippen LogP contribution in [0.3, 0.4) is 0 Å². The SMILES string of the molecule is Cc1ccc(-c2cc(=NCC(=O)[O-])c3cc(C)cc(C)c3o2)cc1. The second kappa shape index (κ2) is 6.32. The van der Waals surface area contributed by atoms with Gasteiger partial charge in [-0.3, -0.25) is 4.99 Å². The van der Waals surface area contributed by atoms with E-state index in [0.29, 0.717) is 11.1 Å². The molecule has 4 heteroatoms. The number of rotatable bonds is 3. The molecule has 2 aromatic carbocycles. The number of carbonyl (C=O) groups excluding carboxylic acids is 1. The van der Waals surface area contributed by atoms with Crippen molar-refractivity contribution in [2.24, 2.45) is 4.99 Å². The molecule has 0 amide bonds. The zero-order valence-electron chi connectivity index (χ0n) is 13.9. The summed E-state index contributed by atoms with van der Waals surface area (Å²) in [5.74, 6) is -0.545. The van der Waals surface area contributed by atoms with Gasteiger partial charge in [-0.05, 0) is 38.0 Å². The van der Waals surface area contributed by atoms with Crippen molar-refractivity contribution >= 4 is 16.9 Å². The largest absolute Gasteiger partial charge is 0.548 e. The molecule has 0 atom stereocenters. The molecule has 122 valence electrons. The van der Waals surface area contributed by atoms with Crippen LogP contribution < -0.4 is 10.5 Å². The van der Waals surface area contributed by atoms with Gasteiger partial charge in [0.1, 0.15) is 11.3 Å². The summed E-state index contributed by atoms with van der Waals surface area (Å²) in [6, 6.07) is 13.8. The average molecular weight is 320 g/mol. The molecule has 0 saturated carbocycles. The first kappa shape index (κ1) is 16.0. The average Bonchev–Trinajstić information content (AvgIpc) is 2.53. The van der Waals surface area contributed by atoms with Crippen molar-refractivity contribution in [2.75, 3.05) is 6.54 Å². The predicted octanol–water partition coefficient (Wildman–Crippen LogP) is 2.68. The summed E-state index contributed by atoms with van der Waals surface area (Å²) in [6.07, 6.45) is 0. The van der Waals surface area contributed by atoms with Crippen LogP contribution in [-0.4, -0.2) is 12.5 Å². The minimum absolute atomic E-state index is 0.376. The number of hydrogen-bond acceptors (Lipinski definition) is 4. The Morgan fingerprint density at radius 1 is 1.04 bits per heavy atom. The lowest BCUT2D eigenvalue weighted by Gasteiger charge is -2.09. The number of hydrogen-bond donors (Lipinski definition) is 0. The number of carboxylic acid groups (broad SMARTS) is 1. The van der Waals surface area contributed by atoms with E-state index < -0.39 is 5.97 Å². The van der Waals surface area contributed by atoms with E-state index >= 15 is 0 Å². The molecule has 0 radical (unpaired) electrons. The Morgan fingerprint density at radius 3 is 2.42 bits per heavy atom. The van der Waals surface area contributed by atoms with Crippen molar-refractivity contribution in [3.05, 3.63) is 64.5 Å². The van der Waals surface area contributed by atoms with Gasteiger partial charge in [0, 0.05) is 17.0 Å². The molecule has 3 rings (SSSR count). The zero-order valence-corrected chi connectivity index (χ0v) is 13.9. The Balaban J connectivity index is 2.31. The van der Waals surface area contributed by atoms with Gasteiger partial charge in [0.2, 0.25) is 0 Å². The summed E-state index contributed by atoms with van der Waals surface area (Å²) in [4.78, 5) is 15.0. The van der Waals surface area contributed by atoms with Crippen molar-refractivity contribution in [2.45, 2.75) is 20.8 Å². The second-order valence-corrected chi connectivity index (χ2v) is 6.01. The van der Waals surface area contributed by atoms with Crippen LogP contribution in [0.5, 0.6) is 0 Å². The summed E-state index contributed by atoms with van der Waals surface area (Å²) in [7, 11) is 0. The highest BCUT2D eigenvalue weighted by molar-refractivity contribution is 5.82. The third kappa shape index (κ3) is 3.23. The van der Waals surface area contributed by atoms with Crippen LogP contribution in [0.1, 0.15) is 16.7 Å². The first-order valence-corrected chi connectivity index (χ1v) is 7.76. The monoisotopic (exact) mass is 320 g/mol. The molecule has 24 heavy (non-hydrogen) atoms. The number of carbonyl (C=O) groups is 1. The molecule has 4 nitrogen and oxygen atoms in total. The van der Waals surface area contributed by atoms with Gasteiger partial charge in [-0.2, -0.15) is 0 Å². The number of aryl methyl sites for hydroxylation is 3. The second-order valence-electron chi connectivity index (χ2n) is 6.01. The molecule has 0 N–H and O–H groups in total. The molecule has 0 spiro atoms. The quantitative estimate of drug-likeness (QED) is 0.745.